The van der Waals surface area contributed by atoms with Crippen molar-refractivity contribution in [3.05, 3.63) is 28.8 Å². The number of benzene rings is 1. The molecule has 0 amide bonds. The molecular formula is C15H19ClN2O2. The maximum absolute atomic E-state index is 11.3. The average Bonchev–Trinajstić information content (AvgIpc) is 2.33. The largest absolute Gasteiger partial charge is 0.481 e. The van der Waals surface area contributed by atoms with Crippen molar-refractivity contribution >= 4 is 23.3 Å². The van der Waals surface area contributed by atoms with Crippen molar-refractivity contribution in [3.8, 4) is 6.07 Å². The quantitative estimate of drug-likeness (QED) is 0.867. The van der Waals surface area contributed by atoms with Crippen LogP contribution in [-0.2, 0) is 4.79 Å². The summed E-state index contributed by atoms with van der Waals surface area (Å²) < 4.78 is 0. The zero-order chi connectivity index (χ0) is 15.3. The van der Waals surface area contributed by atoms with Gasteiger partial charge in [-0.3, -0.25) is 4.79 Å². The fourth-order valence-corrected chi connectivity index (χ4v) is 2.15. The van der Waals surface area contributed by atoms with Crippen LogP contribution in [0.4, 0.5) is 5.69 Å². The SMILES string of the molecule is CC(C)(C)CC(CNc1cc(Cl)ccc1C#N)C(=O)O. The molecule has 0 spiro atoms. The Bertz CT molecular complexity index is 530. The minimum atomic E-state index is -0.840. The van der Waals surface area contributed by atoms with Crippen LogP contribution in [0.5, 0.6) is 0 Å². The highest BCUT2D eigenvalue weighted by atomic mass is 35.5. The normalized spacial score (nSPS) is 12.6. The summed E-state index contributed by atoms with van der Waals surface area (Å²) in [6.07, 6.45) is 0.553. The molecule has 5 heteroatoms. The van der Waals surface area contributed by atoms with Gasteiger partial charge in [-0.1, -0.05) is 32.4 Å². The molecule has 1 rings (SSSR count). The van der Waals surface area contributed by atoms with Crippen molar-refractivity contribution in [2.45, 2.75) is 27.2 Å². The topological polar surface area (TPSA) is 73.1 Å². The van der Waals surface area contributed by atoms with Gasteiger partial charge in [0, 0.05) is 11.6 Å². The number of halogens is 1. The summed E-state index contributed by atoms with van der Waals surface area (Å²) in [4.78, 5) is 11.3. The lowest BCUT2D eigenvalue weighted by Gasteiger charge is -2.24. The third-order valence-electron chi connectivity index (χ3n) is 2.85. The van der Waals surface area contributed by atoms with E-state index in [1.165, 1.54) is 0 Å². The van der Waals surface area contributed by atoms with Crippen LogP contribution in [0.3, 0.4) is 0 Å². The molecule has 0 aliphatic carbocycles. The molecule has 1 aromatic rings. The Balaban J connectivity index is 2.81. The van der Waals surface area contributed by atoms with E-state index in [-0.39, 0.29) is 12.0 Å². The monoisotopic (exact) mass is 294 g/mol. The zero-order valence-corrected chi connectivity index (χ0v) is 12.7. The van der Waals surface area contributed by atoms with E-state index in [1.807, 2.05) is 20.8 Å². The number of nitrogens with zero attached hydrogens (tertiary/aromatic N) is 1. The Morgan fingerprint density at radius 2 is 2.15 bits per heavy atom. The first kappa shape index (κ1) is 16.3. The van der Waals surface area contributed by atoms with Gasteiger partial charge in [-0.15, -0.1) is 0 Å². The summed E-state index contributed by atoms with van der Waals surface area (Å²) in [6.45, 7) is 6.27. The van der Waals surface area contributed by atoms with E-state index in [2.05, 4.69) is 11.4 Å². The Hall–Kier alpha value is -1.73. The molecule has 0 bridgehead atoms. The number of nitriles is 1. The number of nitrogens with one attached hydrogen (secondary N) is 1. The van der Waals surface area contributed by atoms with Crippen LogP contribution >= 0.6 is 11.6 Å². The summed E-state index contributed by atoms with van der Waals surface area (Å²) >= 11 is 5.89. The summed E-state index contributed by atoms with van der Waals surface area (Å²) in [6, 6.07) is 6.94. The summed E-state index contributed by atoms with van der Waals surface area (Å²) in [5.74, 6) is -1.35. The van der Waals surface area contributed by atoms with Gasteiger partial charge in [0.15, 0.2) is 0 Å². The van der Waals surface area contributed by atoms with Crippen LogP contribution in [0.15, 0.2) is 18.2 Å². The van der Waals surface area contributed by atoms with Gasteiger partial charge in [-0.2, -0.15) is 5.26 Å². The Morgan fingerprint density at radius 1 is 1.50 bits per heavy atom. The molecule has 20 heavy (non-hydrogen) atoms. The number of aliphatic carboxylic acids is 1. The van der Waals surface area contributed by atoms with Gasteiger partial charge < -0.3 is 10.4 Å². The number of carboxylic acids is 1. The molecule has 0 aliphatic heterocycles. The fraction of sp³-hybridized carbons (Fsp3) is 0.467. The van der Waals surface area contributed by atoms with Crippen molar-refractivity contribution in [2.75, 3.05) is 11.9 Å². The molecule has 2 N–H and O–H groups in total. The van der Waals surface area contributed by atoms with Crippen molar-refractivity contribution in [1.82, 2.24) is 0 Å². The number of hydrogen-bond acceptors (Lipinski definition) is 3. The van der Waals surface area contributed by atoms with Crippen molar-refractivity contribution in [3.63, 3.8) is 0 Å². The highest BCUT2D eigenvalue weighted by molar-refractivity contribution is 6.30. The molecule has 0 radical (unpaired) electrons. The molecule has 1 aromatic carbocycles. The van der Waals surface area contributed by atoms with Crippen molar-refractivity contribution in [2.24, 2.45) is 11.3 Å². The molecule has 0 saturated heterocycles. The average molecular weight is 295 g/mol. The molecule has 0 saturated carbocycles. The smallest absolute Gasteiger partial charge is 0.308 e. The third kappa shape index (κ3) is 5.10. The number of carboxylic acid groups (broad SMARTS) is 1. The van der Waals surface area contributed by atoms with E-state index in [9.17, 15) is 9.90 Å². The van der Waals surface area contributed by atoms with Crippen LogP contribution in [0.25, 0.3) is 0 Å². The first-order valence-corrected chi connectivity index (χ1v) is 6.77. The summed E-state index contributed by atoms with van der Waals surface area (Å²) in [7, 11) is 0. The summed E-state index contributed by atoms with van der Waals surface area (Å²) in [5.41, 5.74) is 0.950. The van der Waals surface area contributed by atoms with E-state index in [4.69, 9.17) is 16.9 Å². The predicted octanol–water partition coefficient (Wildman–Crippen LogP) is 3.76. The maximum Gasteiger partial charge on any atom is 0.308 e. The molecule has 4 nitrogen and oxygen atoms in total. The Morgan fingerprint density at radius 3 is 2.65 bits per heavy atom. The fourth-order valence-electron chi connectivity index (χ4n) is 1.98. The minimum Gasteiger partial charge on any atom is -0.481 e. The first-order chi connectivity index (χ1) is 9.23. The summed E-state index contributed by atoms with van der Waals surface area (Å²) in [5, 5.41) is 21.8. The standard InChI is InChI=1S/C15H19ClN2O2/c1-15(2,3)7-11(14(19)20)9-18-13-6-12(16)5-4-10(13)8-17/h4-6,11,18H,7,9H2,1-3H3,(H,19,20). The van der Waals surface area contributed by atoms with Crippen LogP contribution in [-0.4, -0.2) is 17.6 Å². The second kappa shape index (κ2) is 6.62. The molecular weight excluding hydrogens is 276 g/mol. The second-order valence-electron chi connectivity index (χ2n) is 5.98. The highest BCUT2D eigenvalue weighted by Crippen LogP contribution is 2.26. The van der Waals surface area contributed by atoms with E-state index in [0.29, 0.717) is 22.7 Å². The Labute approximate surface area is 124 Å². The lowest BCUT2D eigenvalue weighted by atomic mass is 9.84. The van der Waals surface area contributed by atoms with Crippen molar-refractivity contribution < 1.29 is 9.90 Å². The lowest BCUT2D eigenvalue weighted by Crippen LogP contribution is -2.27. The van der Waals surface area contributed by atoms with Crippen molar-refractivity contribution in [1.29, 1.82) is 5.26 Å². The molecule has 0 fully saturated rings. The van der Waals surface area contributed by atoms with Crippen LogP contribution in [0, 0.1) is 22.7 Å². The number of anilines is 1. The lowest BCUT2D eigenvalue weighted by molar-refractivity contribution is -0.142. The van der Waals surface area contributed by atoms with Gasteiger partial charge in [-0.25, -0.2) is 0 Å². The van der Waals surface area contributed by atoms with Gasteiger partial charge in [0.2, 0.25) is 0 Å². The molecule has 108 valence electrons. The predicted molar refractivity (Wildman–Crippen MR) is 79.9 cm³/mol. The first-order valence-electron chi connectivity index (χ1n) is 6.39. The zero-order valence-electron chi connectivity index (χ0n) is 11.9. The van der Waals surface area contributed by atoms with Gasteiger partial charge in [0.05, 0.1) is 17.2 Å². The Kier molecular flexibility index (Phi) is 5.41. The van der Waals surface area contributed by atoms with Gasteiger partial charge in [0.25, 0.3) is 0 Å². The van der Waals surface area contributed by atoms with E-state index >= 15 is 0 Å². The van der Waals surface area contributed by atoms with Crippen LogP contribution in [0.2, 0.25) is 5.02 Å². The van der Waals surface area contributed by atoms with E-state index in [0.717, 1.165) is 0 Å². The molecule has 0 heterocycles. The number of rotatable bonds is 5. The molecule has 0 aromatic heterocycles. The van der Waals surface area contributed by atoms with Gasteiger partial charge >= 0.3 is 5.97 Å². The molecule has 1 unspecified atom stereocenters. The van der Waals surface area contributed by atoms with Crippen LogP contribution in [0.1, 0.15) is 32.8 Å². The third-order valence-corrected chi connectivity index (χ3v) is 3.08. The second-order valence-corrected chi connectivity index (χ2v) is 6.42. The van der Waals surface area contributed by atoms with Gasteiger partial charge in [-0.05, 0) is 30.0 Å². The number of carbonyl (C=O) groups is 1. The van der Waals surface area contributed by atoms with Gasteiger partial charge in [0.1, 0.15) is 6.07 Å². The highest BCUT2D eigenvalue weighted by Gasteiger charge is 2.24. The maximum atomic E-state index is 11.3. The van der Waals surface area contributed by atoms with E-state index in [1.54, 1.807) is 18.2 Å². The molecule has 0 aliphatic rings. The van der Waals surface area contributed by atoms with Crippen LogP contribution < -0.4 is 5.32 Å². The number of hydrogen-bond donors (Lipinski definition) is 2. The minimum absolute atomic E-state index is 0.0723. The molecule has 1 atom stereocenters. The van der Waals surface area contributed by atoms with E-state index < -0.39 is 11.9 Å².